The average molecular weight is 617 g/mol. The highest BCUT2D eigenvalue weighted by molar-refractivity contribution is 8.00. The zero-order valence-corrected chi connectivity index (χ0v) is 22.4. The van der Waals surface area contributed by atoms with Crippen LogP contribution in [-0.2, 0) is 0 Å². The molecule has 2 atom stereocenters. The Morgan fingerprint density at radius 2 is 0.860 bits per heavy atom. The number of benzene rings is 4. The summed E-state index contributed by atoms with van der Waals surface area (Å²) >= 11 is 1.04. The van der Waals surface area contributed by atoms with E-state index >= 15 is 0 Å². The number of nitro benzene ring substituents is 2. The predicted molar refractivity (Wildman–Crippen MR) is 150 cm³/mol. The maximum absolute atomic E-state index is 14.4. The van der Waals surface area contributed by atoms with E-state index in [0.29, 0.717) is 35.4 Å². The van der Waals surface area contributed by atoms with Crippen LogP contribution < -0.4 is 0 Å². The number of halogens is 6. The second-order valence-electron chi connectivity index (χ2n) is 8.96. The third kappa shape index (κ3) is 7.68. The van der Waals surface area contributed by atoms with Gasteiger partial charge in [-0.25, -0.2) is 26.3 Å². The lowest BCUT2D eigenvalue weighted by Crippen LogP contribution is -1.99. The van der Waals surface area contributed by atoms with Gasteiger partial charge in [-0.2, -0.15) is 0 Å². The molecule has 0 aliphatic heterocycles. The lowest BCUT2D eigenvalue weighted by molar-refractivity contribution is -0.385. The number of nitro groups is 2. The molecule has 0 bridgehead atoms. The summed E-state index contributed by atoms with van der Waals surface area (Å²) < 4.78 is 84.3. The Balaban J connectivity index is 1.80. The molecule has 4 aromatic carbocycles. The Bertz CT molecular complexity index is 1560. The fraction of sp³-hybridized carbons (Fsp3) is 0.0667. The summed E-state index contributed by atoms with van der Waals surface area (Å²) in [5.41, 5.74) is -0.774. The molecule has 0 saturated carbocycles. The van der Waals surface area contributed by atoms with Gasteiger partial charge in [0.2, 0.25) is 0 Å². The van der Waals surface area contributed by atoms with Crippen LogP contribution in [0.3, 0.4) is 0 Å². The minimum atomic E-state index is -1.18. The van der Waals surface area contributed by atoms with Crippen LogP contribution in [0.15, 0.2) is 84.9 Å². The van der Waals surface area contributed by atoms with Crippen molar-refractivity contribution in [2.75, 3.05) is 0 Å². The highest BCUT2D eigenvalue weighted by Crippen LogP contribution is 2.44. The SMILES string of the molecule is O=[N+]([O-])c1ccc(C(C=Cc2c(F)cc(F)cc2F)SC(/C=C\c2c(F)cc(F)cc2F)c2ccc([N+](=O)[O-])cc2)cc1. The molecule has 0 spiro atoms. The second-order valence-corrected chi connectivity index (χ2v) is 10.2. The minimum absolute atomic E-state index is 0.235. The molecule has 0 heterocycles. The van der Waals surface area contributed by atoms with Gasteiger partial charge in [0.05, 0.1) is 9.85 Å². The predicted octanol–water partition coefficient (Wildman–Crippen LogP) is 9.28. The molecule has 0 radical (unpaired) electrons. The highest BCUT2D eigenvalue weighted by atomic mass is 32.2. The molecule has 0 aliphatic carbocycles. The molecule has 220 valence electrons. The fourth-order valence-electron chi connectivity index (χ4n) is 3.99. The van der Waals surface area contributed by atoms with E-state index in [2.05, 4.69) is 0 Å². The Morgan fingerprint density at radius 3 is 1.14 bits per heavy atom. The van der Waals surface area contributed by atoms with Crippen molar-refractivity contribution in [2.45, 2.75) is 10.5 Å². The number of hydrogen-bond donors (Lipinski definition) is 0. The van der Waals surface area contributed by atoms with Crippen molar-refractivity contribution < 1.29 is 36.2 Å². The average Bonchev–Trinajstić information content (AvgIpc) is 2.94. The minimum Gasteiger partial charge on any atom is -0.258 e. The maximum Gasteiger partial charge on any atom is 0.269 e. The molecule has 0 aromatic heterocycles. The van der Waals surface area contributed by atoms with Crippen molar-refractivity contribution in [1.82, 2.24) is 0 Å². The lowest BCUT2D eigenvalue weighted by Gasteiger charge is -2.20. The van der Waals surface area contributed by atoms with Crippen molar-refractivity contribution in [3.05, 3.63) is 162 Å². The van der Waals surface area contributed by atoms with E-state index in [1.54, 1.807) is 0 Å². The molecule has 0 fully saturated rings. The molecule has 0 amide bonds. The van der Waals surface area contributed by atoms with Crippen molar-refractivity contribution in [3.63, 3.8) is 0 Å². The second kappa shape index (κ2) is 13.4. The normalized spacial score (nSPS) is 13.0. The summed E-state index contributed by atoms with van der Waals surface area (Å²) in [5, 5.41) is 20.6. The van der Waals surface area contributed by atoms with Gasteiger partial charge >= 0.3 is 0 Å². The van der Waals surface area contributed by atoms with Gasteiger partial charge in [0.1, 0.15) is 34.9 Å². The van der Waals surface area contributed by atoms with E-state index in [1.807, 2.05) is 0 Å². The number of hydrogen-bond acceptors (Lipinski definition) is 5. The number of rotatable bonds is 10. The summed E-state index contributed by atoms with van der Waals surface area (Å²) in [6.07, 6.45) is 4.80. The Kier molecular flexibility index (Phi) is 9.66. The number of non-ortho nitro benzene ring substituents is 2. The first-order valence-corrected chi connectivity index (χ1v) is 13.2. The van der Waals surface area contributed by atoms with Crippen LogP contribution in [0.5, 0.6) is 0 Å². The standard InChI is InChI=1S/C30H18F6N2O4S/c31-19-13-25(33)23(26(34)14-19)9-11-29(17-1-5-21(6-2-17)37(39)40)43-30(18-3-7-22(8-4-18)38(41)42)12-10-24-27(35)15-20(32)16-28(24)36/h1-16,29-30H/b11-9-,12-10?. The number of nitrogens with zero attached hydrogens (tertiary/aromatic N) is 2. The van der Waals surface area contributed by atoms with Crippen LogP contribution in [-0.4, -0.2) is 9.85 Å². The van der Waals surface area contributed by atoms with Crippen molar-refractivity contribution in [1.29, 1.82) is 0 Å². The summed E-state index contributed by atoms with van der Waals surface area (Å²) in [6, 6.07) is 12.4. The zero-order chi connectivity index (χ0) is 31.3. The van der Waals surface area contributed by atoms with Gasteiger partial charge < -0.3 is 0 Å². The van der Waals surface area contributed by atoms with Gasteiger partial charge in [-0.3, -0.25) is 20.2 Å². The van der Waals surface area contributed by atoms with E-state index in [1.165, 1.54) is 60.7 Å². The Labute approximate surface area is 244 Å². The molecular formula is C30H18F6N2O4S. The van der Waals surface area contributed by atoms with Gasteiger partial charge in [0, 0.05) is 70.2 Å². The molecule has 2 unspecified atom stereocenters. The van der Waals surface area contributed by atoms with Crippen molar-refractivity contribution >= 4 is 35.3 Å². The van der Waals surface area contributed by atoms with Gasteiger partial charge in [0.25, 0.3) is 11.4 Å². The topological polar surface area (TPSA) is 86.3 Å². The molecule has 0 saturated heterocycles. The highest BCUT2D eigenvalue weighted by Gasteiger charge is 2.21. The van der Waals surface area contributed by atoms with Crippen LogP contribution in [0, 0.1) is 55.1 Å². The molecule has 4 aromatic rings. The van der Waals surface area contributed by atoms with Gasteiger partial charge in [0.15, 0.2) is 0 Å². The zero-order valence-electron chi connectivity index (χ0n) is 21.6. The maximum atomic E-state index is 14.4. The third-order valence-electron chi connectivity index (χ3n) is 6.12. The van der Waals surface area contributed by atoms with Crippen LogP contribution in [0.25, 0.3) is 12.2 Å². The van der Waals surface area contributed by atoms with Crippen molar-refractivity contribution in [3.8, 4) is 0 Å². The lowest BCUT2D eigenvalue weighted by atomic mass is 10.1. The first kappa shape index (κ1) is 31.0. The fourth-order valence-corrected chi connectivity index (χ4v) is 5.27. The Morgan fingerprint density at radius 1 is 0.558 bits per heavy atom. The number of thioether (sulfide) groups is 1. The van der Waals surface area contributed by atoms with Crippen LogP contribution in [0.2, 0.25) is 0 Å². The third-order valence-corrected chi connectivity index (χ3v) is 7.57. The van der Waals surface area contributed by atoms with E-state index < -0.39 is 66.4 Å². The van der Waals surface area contributed by atoms with Gasteiger partial charge in [-0.1, -0.05) is 48.6 Å². The largest absolute Gasteiger partial charge is 0.269 e. The Hall–Kier alpha value is -4.91. The van der Waals surface area contributed by atoms with Gasteiger partial charge in [-0.05, 0) is 11.1 Å². The van der Waals surface area contributed by atoms with Gasteiger partial charge in [-0.15, -0.1) is 11.8 Å². The van der Waals surface area contributed by atoms with E-state index in [-0.39, 0.29) is 11.4 Å². The first-order chi connectivity index (χ1) is 20.4. The molecule has 6 nitrogen and oxygen atoms in total. The van der Waals surface area contributed by atoms with Crippen LogP contribution >= 0.6 is 11.8 Å². The molecule has 43 heavy (non-hydrogen) atoms. The molecule has 0 aliphatic rings. The summed E-state index contributed by atoms with van der Waals surface area (Å²) in [5.74, 6) is -7.00. The molecule has 0 N–H and O–H groups in total. The van der Waals surface area contributed by atoms with Crippen LogP contribution in [0.1, 0.15) is 32.8 Å². The van der Waals surface area contributed by atoms with E-state index in [9.17, 15) is 46.6 Å². The molecular weight excluding hydrogens is 598 g/mol. The first-order valence-electron chi connectivity index (χ1n) is 12.2. The summed E-state index contributed by atoms with van der Waals surface area (Å²) in [4.78, 5) is 21.1. The van der Waals surface area contributed by atoms with Crippen LogP contribution in [0.4, 0.5) is 37.7 Å². The summed E-state index contributed by atoms with van der Waals surface area (Å²) in [7, 11) is 0. The quantitative estimate of drug-likeness (QED) is 0.101. The molecule has 4 rings (SSSR count). The smallest absolute Gasteiger partial charge is 0.258 e. The van der Waals surface area contributed by atoms with E-state index in [4.69, 9.17) is 0 Å². The molecule has 13 heteroatoms. The van der Waals surface area contributed by atoms with E-state index in [0.717, 1.165) is 23.9 Å². The monoisotopic (exact) mass is 616 g/mol. The summed E-state index contributed by atoms with van der Waals surface area (Å²) in [6.45, 7) is 0. The van der Waals surface area contributed by atoms with Crippen molar-refractivity contribution in [2.24, 2.45) is 0 Å².